The predicted octanol–water partition coefficient (Wildman–Crippen LogP) is 2.54. The van der Waals surface area contributed by atoms with Gasteiger partial charge in [-0.2, -0.15) is 22.8 Å². The van der Waals surface area contributed by atoms with Gasteiger partial charge in [0.25, 0.3) is 21.7 Å². The molecule has 10 nitrogen and oxygen atoms in total. The summed E-state index contributed by atoms with van der Waals surface area (Å²) in [6, 6.07) is 3.02. The summed E-state index contributed by atoms with van der Waals surface area (Å²) in [5.41, 5.74) is -5.93. The molecule has 32 heavy (non-hydrogen) atoms. The average molecular weight is 490 g/mol. The van der Waals surface area contributed by atoms with Crippen LogP contribution in [-0.4, -0.2) is 51.6 Å². The topological polar surface area (TPSA) is 132 Å². The molecule has 0 bridgehead atoms. The van der Waals surface area contributed by atoms with Crippen molar-refractivity contribution in [3.63, 3.8) is 0 Å². The van der Waals surface area contributed by atoms with E-state index in [0.29, 0.717) is 12.1 Å². The summed E-state index contributed by atoms with van der Waals surface area (Å²) in [5.74, 6) is -0.305. The summed E-state index contributed by atoms with van der Waals surface area (Å²) in [4.78, 5) is 23.9. The van der Waals surface area contributed by atoms with Crippen molar-refractivity contribution in [2.45, 2.75) is 23.4 Å². The quantitative estimate of drug-likeness (QED) is 0.540. The number of nitrogens with one attached hydrogen (secondary N) is 2. The van der Waals surface area contributed by atoms with E-state index in [9.17, 15) is 26.4 Å². The van der Waals surface area contributed by atoms with E-state index in [0.717, 1.165) is 6.07 Å². The Morgan fingerprint density at radius 3 is 2.44 bits per heavy atom. The van der Waals surface area contributed by atoms with E-state index < -0.39 is 32.2 Å². The van der Waals surface area contributed by atoms with E-state index in [4.69, 9.17) is 11.6 Å². The maximum atomic E-state index is 12.9. The first-order valence-corrected chi connectivity index (χ1v) is 10.6. The molecule has 15 heteroatoms. The summed E-state index contributed by atoms with van der Waals surface area (Å²) in [7, 11) is -4.12. The number of hydrogen-bond donors (Lipinski definition) is 2. The molecular weight excluding hydrogens is 475 g/mol. The first-order chi connectivity index (χ1) is 14.9. The Morgan fingerprint density at radius 1 is 1.19 bits per heavy atom. The Morgan fingerprint density at radius 2 is 1.84 bits per heavy atom. The number of anilines is 1. The van der Waals surface area contributed by atoms with Crippen molar-refractivity contribution in [1.29, 1.82) is 0 Å². The van der Waals surface area contributed by atoms with Crippen molar-refractivity contribution >= 4 is 33.3 Å². The lowest BCUT2D eigenvalue weighted by Crippen LogP contribution is -2.29. The molecule has 0 spiro atoms. The van der Waals surface area contributed by atoms with Crippen LogP contribution in [0.2, 0.25) is 5.02 Å². The molecule has 1 aromatic carbocycles. The highest BCUT2D eigenvalue weighted by molar-refractivity contribution is 7.92. The lowest BCUT2D eigenvalue weighted by molar-refractivity contribution is -0.0436. The maximum Gasteiger partial charge on any atom is 0.501 e. The molecular formula is C17H15ClF3N7O3S. The monoisotopic (exact) mass is 489 g/mol. The van der Waals surface area contributed by atoms with E-state index in [1.165, 1.54) is 17.1 Å². The summed E-state index contributed by atoms with van der Waals surface area (Å²) >= 11 is 5.77. The molecule has 0 saturated carbocycles. The van der Waals surface area contributed by atoms with Gasteiger partial charge in [-0.05, 0) is 31.2 Å². The molecule has 1 amide bonds. The molecule has 3 rings (SSSR count). The van der Waals surface area contributed by atoms with Crippen LogP contribution < -0.4 is 10.6 Å². The zero-order valence-electron chi connectivity index (χ0n) is 16.4. The molecule has 0 radical (unpaired) electrons. The third kappa shape index (κ3) is 4.65. The largest absolute Gasteiger partial charge is 0.501 e. The second-order valence-corrected chi connectivity index (χ2v) is 8.70. The minimum absolute atomic E-state index is 0.166. The highest BCUT2D eigenvalue weighted by Crippen LogP contribution is 2.32. The van der Waals surface area contributed by atoms with Crippen molar-refractivity contribution in [2.24, 2.45) is 0 Å². The Kier molecular flexibility index (Phi) is 6.37. The molecule has 2 heterocycles. The van der Waals surface area contributed by atoms with Crippen molar-refractivity contribution < 1.29 is 26.4 Å². The van der Waals surface area contributed by atoms with Crippen LogP contribution >= 0.6 is 11.6 Å². The van der Waals surface area contributed by atoms with Crippen LogP contribution in [0.5, 0.6) is 0 Å². The Balaban J connectivity index is 1.93. The number of nitrogens with zero attached hydrogens (tertiary/aromatic N) is 5. The second-order valence-electron chi connectivity index (χ2n) is 6.32. The van der Waals surface area contributed by atoms with E-state index in [1.54, 1.807) is 20.0 Å². The van der Waals surface area contributed by atoms with Crippen molar-refractivity contribution in [3.8, 4) is 5.95 Å². The van der Waals surface area contributed by atoms with Crippen LogP contribution in [0.1, 0.15) is 29.1 Å². The van der Waals surface area contributed by atoms with Gasteiger partial charge in [-0.1, -0.05) is 11.6 Å². The average Bonchev–Trinajstić information content (AvgIpc) is 3.18. The summed E-state index contributed by atoms with van der Waals surface area (Å²) < 4.78 is 63.3. The zero-order chi connectivity index (χ0) is 23.7. The van der Waals surface area contributed by atoms with E-state index in [-0.39, 0.29) is 28.3 Å². The van der Waals surface area contributed by atoms with Crippen LogP contribution in [-0.2, 0) is 9.84 Å². The molecule has 0 unspecified atom stereocenters. The maximum absolute atomic E-state index is 12.9. The SMILES string of the molecule is CNc1nc([C@H](C)NC(=O)c2cc(Cl)cc(S(=O)(=O)C(F)(F)F)c2)n(-c2ncccn2)n1. The number of hydrogen-bond acceptors (Lipinski definition) is 8. The van der Waals surface area contributed by atoms with E-state index >= 15 is 0 Å². The number of rotatable bonds is 6. The lowest BCUT2D eigenvalue weighted by atomic mass is 10.2. The molecule has 0 saturated heterocycles. The molecule has 170 valence electrons. The Labute approximate surface area is 184 Å². The second kappa shape index (κ2) is 8.70. The molecule has 1 atom stereocenters. The van der Waals surface area contributed by atoms with Crippen molar-refractivity contribution in [1.82, 2.24) is 30.0 Å². The van der Waals surface area contributed by atoms with E-state index in [2.05, 4.69) is 30.7 Å². The summed E-state index contributed by atoms with van der Waals surface area (Å²) in [6.07, 6.45) is 2.95. The number of benzene rings is 1. The van der Waals surface area contributed by atoms with Gasteiger partial charge in [-0.15, -0.1) is 5.10 Å². The van der Waals surface area contributed by atoms with Gasteiger partial charge in [0.05, 0.1) is 10.9 Å². The standard InChI is InChI=1S/C17H15ClF3N7O3S/c1-9(13-26-15(22-2)27-28(13)16-23-4-3-5-24-16)25-14(29)10-6-11(18)8-12(7-10)32(30,31)17(19,20)21/h3-9H,1-2H3,(H,22,27)(H,25,29)/t9-/m0/s1. The lowest BCUT2D eigenvalue weighted by Gasteiger charge is -2.15. The number of alkyl halides is 3. The molecule has 0 fully saturated rings. The molecule has 0 aliphatic heterocycles. The first kappa shape index (κ1) is 23.4. The Bertz CT molecular complexity index is 1250. The van der Waals surface area contributed by atoms with Gasteiger partial charge in [0.15, 0.2) is 5.82 Å². The van der Waals surface area contributed by atoms with Gasteiger partial charge in [0.1, 0.15) is 0 Å². The number of halogens is 4. The van der Waals surface area contributed by atoms with Crippen LogP contribution in [0.4, 0.5) is 19.1 Å². The third-order valence-electron chi connectivity index (χ3n) is 4.08. The normalized spacial score (nSPS) is 12.9. The van der Waals surface area contributed by atoms with Crippen molar-refractivity contribution in [2.75, 3.05) is 12.4 Å². The van der Waals surface area contributed by atoms with Gasteiger partial charge < -0.3 is 10.6 Å². The highest BCUT2D eigenvalue weighted by atomic mass is 35.5. The molecule has 0 aliphatic carbocycles. The van der Waals surface area contributed by atoms with Gasteiger partial charge in [-0.3, -0.25) is 4.79 Å². The zero-order valence-corrected chi connectivity index (χ0v) is 18.0. The number of amides is 1. The fraction of sp³-hybridized carbons (Fsp3) is 0.235. The van der Waals surface area contributed by atoms with Gasteiger partial charge in [0.2, 0.25) is 5.95 Å². The number of aromatic nitrogens is 5. The molecule has 2 N–H and O–H groups in total. The van der Waals surface area contributed by atoms with Crippen LogP contribution in [0.3, 0.4) is 0 Å². The third-order valence-corrected chi connectivity index (χ3v) is 5.76. The molecule has 3 aromatic rings. The van der Waals surface area contributed by atoms with Crippen LogP contribution in [0.25, 0.3) is 5.95 Å². The summed E-state index contributed by atoms with van der Waals surface area (Å²) in [6.45, 7) is 1.54. The minimum atomic E-state index is -5.69. The van der Waals surface area contributed by atoms with Crippen LogP contribution in [0.15, 0.2) is 41.6 Å². The van der Waals surface area contributed by atoms with Crippen molar-refractivity contribution in [3.05, 3.63) is 53.1 Å². The fourth-order valence-electron chi connectivity index (χ4n) is 2.59. The number of carbonyl (C=O) groups excluding carboxylic acids is 1. The molecule has 2 aromatic heterocycles. The highest BCUT2D eigenvalue weighted by Gasteiger charge is 2.47. The number of carbonyl (C=O) groups is 1. The Hall–Kier alpha value is -3.26. The summed E-state index contributed by atoms with van der Waals surface area (Å²) in [5, 5.41) is 9.09. The van der Waals surface area contributed by atoms with Gasteiger partial charge in [-0.25, -0.2) is 18.4 Å². The fourth-order valence-corrected chi connectivity index (χ4v) is 3.72. The number of sulfone groups is 1. The first-order valence-electron chi connectivity index (χ1n) is 8.79. The molecule has 0 aliphatic rings. The predicted molar refractivity (Wildman–Crippen MR) is 107 cm³/mol. The van der Waals surface area contributed by atoms with Crippen LogP contribution in [0, 0.1) is 0 Å². The van der Waals surface area contributed by atoms with Gasteiger partial charge >= 0.3 is 5.51 Å². The van der Waals surface area contributed by atoms with E-state index in [1.807, 2.05) is 0 Å². The van der Waals surface area contributed by atoms with Gasteiger partial charge in [0, 0.05) is 30.0 Å². The minimum Gasteiger partial charge on any atom is -0.356 e. The smallest absolute Gasteiger partial charge is 0.356 e.